The molecule has 68 valence electrons. The Bertz CT molecular complexity index is 303. The molecule has 0 saturated carbocycles. The summed E-state index contributed by atoms with van der Waals surface area (Å²) >= 11 is 0. The molecule has 1 heterocycles. The van der Waals surface area contributed by atoms with Gasteiger partial charge in [0.1, 0.15) is 0 Å². The Morgan fingerprint density at radius 2 is 2.42 bits per heavy atom. The smallest absolute Gasteiger partial charge is 0.173 e. The van der Waals surface area contributed by atoms with Gasteiger partial charge in [-0.1, -0.05) is 18.2 Å². The van der Waals surface area contributed by atoms with Crippen LogP contribution in [0.3, 0.4) is 0 Å². The van der Waals surface area contributed by atoms with Crippen LogP contribution in [0.5, 0.6) is 0 Å². The molecule has 0 bridgehead atoms. The second-order valence-electron chi connectivity index (χ2n) is 3.10. The van der Waals surface area contributed by atoms with Crippen molar-refractivity contribution < 1.29 is 8.42 Å². The van der Waals surface area contributed by atoms with E-state index in [-0.39, 0.29) is 11.8 Å². The summed E-state index contributed by atoms with van der Waals surface area (Å²) in [4.78, 5) is 0. The lowest BCUT2D eigenvalue weighted by Crippen LogP contribution is -2.31. The van der Waals surface area contributed by atoms with Gasteiger partial charge in [-0.15, -0.1) is 0 Å². The van der Waals surface area contributed by atoms with Crippen LogP contribution in [0.1, 0.15) is 6.92 Å². The maximum atomic E-state index is 10.9. The van der Waals surface area contributed by atoms with Gasteiger partial charge in [-0.05, 0) is 6.92 Å². The van der Waals surface area contributed by atoms with Crippen molar-refractivity contribution in [2.75, 3.05) is 12.3 Å². The molecule has 0 radical (unpaired) electrons. The molecule has 1 rings (SSSR count). The summed E-state index contributed by atoms with van der Waals surface area (Å²) in [6.07, 6.45) is 1.68. The zero-order chi connectivity index (χ0) is 9.19. The summed E-state index contributed by atoms with van der Waals surface area (Å²) in [5.41, 5.74) is 1.01. The minimum atomic E-state index is -2.92. The molecule has 0 fully saturated rings. The Balaban J connectivity index is 2.40. The molecule has 1 N–H and O–H groups in total. The van der Waals surface area contributed by atoms with Gasteiger partial charge in [0, 0.05) is 18.0 Å². The largest absolute Gasteiger partial charge is 0.306 e. The number of hydrogen-bond donors (Lipinski definition) is 1. The highest BCUT2D eigenvalue weighted by Crippen LogP contribution is 2.07. The first-order valence-electron chi connectivity index (χ1n) is 3.78. The standard InChI is InChI=1S/C8H13NO2S/c1-7(2)5-9-8-3-4-12(10,11)6-8/h3-4,8-9H,1,5-6H2,2H3. The number of hydrogen-bond acceptors (Lipinski definition) is 3. The molecule has 0 aromatic rings. The summed E-state index contributed by atoms with van der Waals surface area (Å²) in [6.45, 7) is 6.29. The fourth-order valence-electron chi connectivity index (χ4n) is 1.01. The van der Waals surface area contributed by atoms with Crippen LogP contribution in [0.25, 0.3) is 0 Å². The van der Waals surface area contributed by atoms with Gasteiger partial charge in [-0.25, -0.2) is 8.42 Å². The molecule has 0 aromatic heterocycles. The third-order valence-corrected chi connectivity index (χ3v) is 2.99. The summed E-state index contributed by atoms with van der Waals surface area (Å²) in [7, 11) is -2.92. The monoisotopic (exact) mass is 187 g/mol. The minimum Gasteiger partial charge on any atom is -0.306 e. The highest BCUT2D eigenvalue weighted by molar-refractivity contribution is 7.94. The molecular weight excluding hydrogens is 174 g/mol. The molecule has 4 heteroatoms. The van der Waals surface area contributed by atoms with Crippen molar-refractivity contribution in [3.05, 3.63) is 23.6 Å². The van der Waals surface area contributed by atoms with Crippen molar-refractivity contribution >= 4 is 9.84 Å². The SMILES string of the molecule is C=C(C)CNC1C=CS(=O)(=O)C1. The Kier molecular flexibility index (Phi) is 2.69. The third kappa shape index (κ3) is 2.79. The van der Waals surface area contributed by atoms with Gasteiger partial charge >= 0.3 is 0 Å². The third-order valence-electron chi connectivity index (χ3n) is 1.60. The van der Waals surface area contributed by atoms with E-state index in [4.69, 9.17) is 0 Å². The van der Waals surface area contributed by atoms with Crippen molar-refractivity contribution in [3.63, 3.8) is 0 Å². The summed E-state index contributed by atoms with van der Waals surface area (Å²) in [6, 6.07) is -0.0355. The van der Waals surface area contributed by atoms with Crippen LogP contribution in [0.15, 0.2) is 23.6 Å². The zero-order valence-electron chi connectivity index (χ0n) is 7.08. The topological polar surface area (TPSA) is 46.2 Å². The van der Waals surface area contributed by atoms with Gasteiger partial charge < -0.3 is 5.32 Å². The first-order valence-corrected chi connectivity index (χ1v) is 5.50. The van der Waals surface area contributed by atoms with Crippen molar-refractivity contribution in [3.8, 4) is 0 Å². The molecule has 1 atom stereocenters. The van der Waals surface area contributed by atoms with E-state index in [1.54, 1.807) is 6.08 Å². The molecule has 1 aliphatic heterocycles. The fraction of sp³-hybridized carbons (Fsp3) is 0.500. The molecule has 0 aromatic carbocycles. The first-order chi connectivity index (χ1) is 5.49. The van der Waals surface area contributed by atoms with Gasteiger partial charge in [0.2, 0.25) is 0 Å². The van der Waals surface area contributed by atoms with E-state index in [1.165, 1.54) is 5.41 Å². The van der Waals surface area contributed by atoms with Crippen molar-refractivity contribution in [1.29, 1.82) is 0 Å². The lowest BCUT2D eigenvalue weighted by atomic mass is 10.3. The van der Waals surface area contributed by atoms with Crippen LogP contribution in [0.2, 0.25) is 0 Å². The molecule has 0 amide bonds. The molecule has 12 heavy (non-hydrogen) atoms. The van der Waals surface area contributed by atoms with Crippen molar-refractivity contribution in [2.24, 2.45) is 0 Å². The maximum Gasteiger partial charge on any atom is 0.173 e. The second-order valence-corrected chi connectivity index (χ2v) is 5.03. The van der Waals surface area contributed by atoms with E-state index >= 15 is 0 Å². The molecular formula is C8H13NO2S. The number of sulfone groups is 1. The Hall–Kier alpha value is -0.610. The van der Waals surface area contributed by atoms with Crippen LogP contribution in [-0.4, -0.2) is 26.8 Å². The fourth-order valence-corrected chi connectivity index (χ4v) is 2.28. The van der Waals surface area contributed by atoms with E-state index < -0.39 is 9.84 Å². The van der Waals surface area contributed by atoms with Crippen LogP contribution >= 0.6 is 0 Å². The van der Waals surface area contributed by atoms with Gasteiger partial charge in [0.25, 0.3) is 0 Å². The van der Waals surface area contributed by atoms with Crippen molar-refractivity contribution in [1.82, 2.24) is 5.32 Å². The predicted molar refractivity (Wildman–Crippen MR) is 49.5 cm³/mol. The highest BCUT2D eigenvalue weighted by Gasteiger charge is 2.20. The highest BCUT2D eigenvalue weighted by atomic mass is 32.2. The Morgan fingerprint density at radius 1 is 1.75 bits per heavy atom. The van der Waals surface area contributed by atoms with Gasteiger partial charge in [-0.3, -0.25) is 0 Å². The second kappa shape index (κ2) is 3.41. The van der Waals surface area contributed by atoms with E-state index in [0.29, 0.717) is 6.54 Å². The molecule has 1 aliphatic rings. The van der Waals surface area contributed by atoms with Crippen LogP contribution in [0, 0.1) is 0 Å². The maximum absolute atomic E-state index is 10.9. The van der Waals surface area contributed by atoms with Gasteiger partial charge in [0.05, 0.1) is 5.75 Å². The van der Waals surface area contributed by atoms with Crippen LogP contribution in [-0.2, 0) is 9.84 Å². The average Bonchev–Trinajstić information content (AvgIpc) is 2.26. The van der Waals surface area contributed by atoms with Gasteiger partial charge in [0.15, 0.2) is 9.84 Å². The summed E-state index contributed by atoms with van der Waals surface area (Å²) in [5, 5.41) is 4.34. The van der Waals surface area contributed by atoms with E-state index in [2.05, 4.69) is 11.9 Å². The van der Waals surface area contributed by atoms with E-state index in [1.807, 2.05) is 6.92 Å². The normalized spacial score (nSPS) is 25.9. The molecule has 3 nitrogen and oxygen atoms in total. The lowest BCUT2D eigenvalue weighted by molar-refractivity contribution is 0.596. The number of rotatable bonds is 3. The van der Waals surface area contributed by atoms with Crippen molar-refractivity contribution in [2.45, 2.75) is 13.0 Å². The van der Waals surface area contributed by atoms with E-state index in [9.17, 15) is 8.42 Å². The Morgan fingerprint density at radius 3 is 2.83 bits per heavy atom. The minimum absolute atomic E-state index is 0.0355. The first kappa shape index (κ1) is 9.48. The van der Waals surface area contributed by atoms with Gasteiger partial charge in [-0.2, -0.15) is 0 Å². The van der Waals surface area contributed by atoms with Crippen LogP contribution < -0.4 is 5.32 Å². The molecule has 0 saturated heterocycles. The summed E-state index contributed by atoms with van der Waals surface area (Å²) in [5.74, 6) is 0.181. The molecule has 0 spiro atoms. The molecule has 0 aliphatic carbocycles. The van der Waals surface area contributed by atoms with Crippen LogP contribution in [0.4, 0.5) is 0 Å². The number of nitrogens with one attached hydrogen (secondary N) is 1. The summed E-state index contributed by atoms with van der Waals surface area (Å²) < 4.78 is 21.9. The lowest BCUT2D eigenvalue weighted by Gasteiger charge is -2.08. The molecule has 1 unspecified atom stereocenters. The zero-order valence-corrected chi connectivity index (χ0v) is 7.89. The van der Waals surface area contributed by atoms with E-state index in [0.717, 1.165) is 5.57 Å². The Labute approximate surface area is 73.1 Å². The quantitative estimate of drug-likeness (QED) is 0.653. The predicted octanol–water partition coefficient (Wildman–Crippen LogP) is 0.463. The average molecular weight is 187 g/mol.